The average Bonchev–Trinajstić information content (AvgIpc) is 2.96. The van der Waals surface area contributed by atoms with E-state index < -0.39 is 28.5 Å². The normalized spacial score (nSPS) is 12.7. The highest BCUT2D eigenvalue weighted by atomic mass is 35.5. The number of sulfonamides is 1. The van der Waals surface area contributed by atoms with Crippen LogP contribution in [-0.4, -0.2) is 50.9 Å². The molecule has 41 heavy (non-hydrogen) atoms. The lowest BCUT2D eigenvalue weighted by Gasteiger charge is -2.33. The highest BCUT2D eigenvalue weighted by Crippen LogP contribution is 2.26. The topological polar surface area (TPSA) is 96.0 Å². The number of hydrogen-bond donors (Lipinski definition) is 1. The molecule has 0 unspecified atom stereocenters. The zero-order valence-corrected chi connectivity index (χ0v) is 25.7. The van der Waals surface area contributed by atoms with Gasteiger partial charge in [-0.1, -0.05) is 55.3 Å². The molecule has 0 fully saturated rings. The summed E-state index contributed by atoms with van der Waals surface area (Å²) >= 11 is 6.09. The van der Waals surface area contributed by atoms with E-state index in [2.05, 4.69) is 5.32 Å². The van der Waals surface area contributed by atoms with Gasteiger partial charge in [-0.25, -0.2) is 8.42 Å². The molecule has 0 heterocycles. The zero-order chi connectivity index (χ0) is 30.2. The monoisotopic (exact) mass is 599 g/mol. The summed E-state index contributed by atoms with van der Waals surface area (Å²) in [6, 6.07) is 19.0. The maximum Gasteiger partial charge on any atom is 0.264 e. The number of carbonyl (C=O) groups excluding carboxylic acids is 2. The minimum absolute atomic E-state index is 0.0501. The summed E-state index contributed by atoms with van der Waals surface area (Å²) in [4.78, 5) is 29.0. The van der Waals surface area contributed by atoms with Crippen molar-refractivity contribution in [3.63, 3.8) is 0 Å². The molecule has 0 bridgehead atoms. The van der Waals surface area contributed by atoms with Gasteiger partial charge in [0.2, 0.25) is 11.8 Å². The fourth-order valence-electron chi connectivity index (χ4n) is 4.26. The van der Waals surface area contributed by atoms with Crippen molar-refractivity contribution in [3.05, 3.63) is 88.9 Å². The lowest BCUT2D eigenvalue weighted by molar-refractivity contribution is -0.140. The molecule has 10 heteroatoms. The zero-order valence-electron chi connectivity index (χ0n) is 24.1. The van der Waals surface area contributed by atoms with Crippen LogP contribution in [0.3, 0.4) is 0 Å². The minimum atomic E-state index is -4.14. The van der Waals surface area contributed by atoms with Gasteiger partial charge in [-0.05, 0) is 80.8 Å². The van der Waals surface area contributed by atoms with E-state index >= 15 is 0 Å². The Bertz CT molecular complexity index is 1410. The quantitative estimate of drug-likeness (QED) is 0.277. The molecule has 0 aromatic heterocycles. The molecule has 0 aliphatic rings. The molecule has 1 N–H and O–H groups in total. The van der Waals surface area contributed by atoms with Gasteiger partial charge in [-0.15, -0.1) is 0 Å². The van der Waals surface area contributed by atoms with Crippen LogP contribution in [0.15, 0.2) is 77.7 Å². The van der Waals surface area contributed by atoms with E-state index in [-0.39, 0.29) is 29.1 Å². The van der Waals surface area contributed by atoms with E-state index in [0.717, 1.165) is 21.9 Å². The van der Waals surface area contributed by atoms with Crippen molar-refractivity contribution in [3.8, 4) is 5.75 Å². The third-order valence-corrected chi connectivity index (χ3v) is 8.94. The molecule has 220 valence electrons. The molecule has 0 spiro atoms. The highest BCUT2D eigenvalue weighted by molar-refractivity contribution is 7.92. The summed E-state index contributed by atoms with van der Waals surface area (Å²) in [5.74, 6) is -0.146. The van der Waals surface area contributed by atoms with Crippen molar-refractivity contribution in [2.24, 2.45) is 0 Å². The van der Waals surface area contributed by atoms with Gasteiger partial charge in [-0.2, -0.15) is 0 Å². The third kappa shape index (κ3) is 8.24. The number of methoxy groups -OCH3 is 1. The molecule has 3 rings (SSSR count). The van der Waals surface area contributed by atoms with Gasteiger partial charge in [0.05, 0.1) is 17.7 Å². The first-order chi connectivity index (χ1) is 19.5. The van der Waals surface area contributed by atoms with Gasteiger partial charge < -0.3 is 15.0 Å². The Hall–Kier alpha value is -3.56. The maximum atomic E-state index is 14.1. The number of nitrogens with zero attached hydrogens (tertiary/aromatic N) is 2. The summed E-state index contributed by atoms with van der Waals surface area (Å²) in [5.41, 5.74) is 1.96. The Morgan fingerprint density at radius 1 is 0.927 bits per heavy atom. The van der Waals surface area contributed by atoms with Crippen molar-refractivity contribution >= 4 is 39.1 Å². The van der Waals surface area contributed by atoms with Crippen molar-refractivity contribution in [1.82, 2.24) is 10.2 Å². The number of ether oxygens (including phenoxy) is 1. The second kappa shape index (κ2) is 14.4. The van der Waals surface area contributed by atoms with E-state index in [1.165, 1.54) is 17.0 Å². The van der Waals surface area contributed by atoms with Crippen molar-refractivity contribution in [2.45, 2.75) is 64.1 Å². The molecular formula is C31H38ClN3O5S. The van der Waals surface area contributed by atoms with Gasteiger partial charge in [0.1, 0.15) is 18.3 Å². The van der Waals surface area contributed by atoms with Crippen LogP contribution >= 0.6 is 11.6 Å². The van der Waals surface area contributed by atoms with E-state index in [9.17, 15) is 18.0 Å². The van der Waals surface area contributed by atoms with Crippen molar-refractivity contribution < 1.29 is 22.7 Å². The van der Waals surface area contributed by atoms with Crippen LogP contribution in [0.1, 0.15) is 44.7 Å². The molecule has 2 atom stereocenters. The van der Waals surface area contributed by atoms with E-state index in [0.29, 0.717) is 17.2 Å². The largest absolute Gasteiger partial charge is 0.497 e. The molecule has 3 aromatic carbocycles. The predicted molar refractivity (Wildman–Crippen MR) is 163 cm³/mol. The molecule has 0 saturated heterocycles. The van der Waals surface area contributed by atoms with Gasteiger partial charge in [0, 0.05) is 17.6 Å². The molecule has 0 aliphatic carbocycles. The lowest BCUT2D eigenvalue weighted by Crippen LogP contribution is -2.53. The molecular weight excluding hydrogens is 562 g/mol. The Morgan fingerprint density at radius 3 is 2.07 bits per heavy atom. The van der Waals surface area contributed by atoms with E-state index in [4.69, 9.17) is 16.3 Å². The summed E-state index contributed by atoms with van der Waals surface area (Å²) in [7, 11) is -2.58. The fourth-order valence-corrected chi connectivity index (χ4v) is 5.80. The number of hydrogen-bond acceptors (Lipinski definition) is 5. The summed E-state index contributed by atoms with van der Waals surface area (Å²) in [6.45, 7) is 7.15. The van der Waals surface area contributed by atoms with Gasteiger partial charge >= 0.3 is 0 Å². The fraction of sp³-hybridized carbons (Fsp3) is 0.355. The molecule has 0 aliphatic heterocycles. The predicted octanol–water partition coefficient (Wildman–Crippen LogP) is 5.57. The number of aryl methyl sites for hydroxylation is 1. The first-order valence-electron chi connectivity index (χ1n) is 13.6. The second-order valence-electron chi connectivity index (χ2n) is 9.91. The molecule has 2 amide bonds. The van der Waals surface area contributed by atoms with E-state index in [1.807, 2.05) is 39.8 Å². The number of benzene rings is 3. The maximum absolute atomic E-state index is 14.1. The molecule has 3 aromatic rings. The van der Waals surface area contributed by atoms with Crippen LogP contribution in [0.2, 0.25) is 5.02 Å². The Morgan fingerprint density at radius 2 is 1.54 bits per heavy atom. The van der Waals surface area contributed by atoms with Crippen LogP contribution < -0.4 is 14.4 Å². The summed E-state index contributed by atoms with van der Waals surface area (Å²) in [5, 5.41) is 3.41. The van der Waals surface area contributed by atoms with Gasteiger partial charge in [0.15, 0.2) is 0 Å². The Kier molecular flexibility index (Phi) is 11.2. The Balaban J connectivity index is 2.05. The number of rotatable bonds is 13. The highest BCUT2D eigenvalue weighted by Gasteiger charge is 2.34. The van der Waals surface area contributed by atoms with E-state index in [1.54, 1.807) is 55.6 Å². The number of carbonyl (C=O) groups is 2. The second-order valence-corrected chi connectivity index (χ2v) is 12.2. The summed E-state index contributed by atoms with van der Waals surface area (Å²) < 4.78 is 34.1. The smallest absolute Gasteiger partial charge is 0.264 e. The first-order valence-corrected chi connectivity index (χ1v) is 15.4. The minimum Gasteiger partial charge on any atom is -0.497 e. The SMILES string of the molecule is CC[C@@H](C)NC(=O)[C@@H](CC)N(Cc1ccc(OC)cc1)C(=O)CN(c1ccc(Cl)cc1)S(=O)(=O)c1ccc(C)cc1. The lowest BCUT2D eigenvalue weighted by atomic mass is 10.1. The molecule has 8 nitrogen and oxygen atoms in total. The average molecular weight is 600 g/mol. The first kappa shape index (κ1) is 32.0. The number of amides is 2. The standard InChI is InChI=1S/C31H38ClN3O5S/c1-6-23(4)33-31(37)29(7-2)34(20-24-10-16-27(40-5)17-11-24)30(36)21-35(26-14-12-25(32)13-15-26)41(38,39)28-18-8-22(3)9-19-28/h8-19,23,29H,6-7,20-21H2,1-5H3,(H,33,37)/t23-,29-/m1/s1. The summed E-state index contributed by atoms with van der Waals surface area (Å²) in [6.07, 6.45) is 1.07. The van der Waals surface area contributed by atoms with Crippen LogP contribution in [0.4, 0.5) is 5.69 Å². The van der Waals surface area contributed by atoms with Crippen LogP contribution in [0.25, 0.3) is 0 Å². The van der Waals surface area contributed by atoms with Crippen molar-refractivity contribution in [2.75, 3.05) is 18.0 Å². The van der Waals surface area contributed by atoms with Crippen LogP contribution in [0.5, 0.6) is 5.75 Å². The molecule has 0 radical (unpaired) electrons. The van der Waals surface area contributed by atoms with Gasteiger partial charge in [0.25, 0.3) is 10.0 Å². The molecule has 0 saturated carbocycles. The van der Waals surface area contributed by atoms with Crippen LogP contribution in [0, 0.1) is 6.92 Å². The number of nitrogens with one attached hydrogen (secondary N) is 1. The third-order valence-electron chi connectivity index (χ3n) is 6.90. The van der Waals surface area contributed by atoms with Gasteiger partial charge in [-0.3, -0.25) is 13.9 Å². The van der Waals surface area contributed by atoms with Crippen molar-refractivity contribution in [1.29, 1.82) is 0 Å². The number of anilines is 1. The number of halogens is 1. The van der Waals surface area contributed by atoms with Crippen LogP contribution in [-0.2, 0) is 26.2 Å². The Labute approximate surface area is 248 Å².